The van der Waals surface area contributed by atoms with Gasteiger partial charge in [0, 0.05) is 6.54 Å². The summed E-state index contributed by atoms with van der Waals surface area (Å²) < 4.78 is 5.26. The van der Waals surface area contributed by atoms with E-state index in [1.165, 1.54) is 11.1 Å². The smallest absolute Gasteiger partial charge is 0.323 e. The Morgan fingerprint density at radius 2 is 2.12 bits per heavy atom. The first-order valence-corrected chi connectivity index (χ1v) is 6.13. The molecule has 1 aliphatic heterocycles. The maximum atomic E-state index is 11.8. The largest absolute Gasteiger partial charge is 0.464 e. The quantitative estimate of drug-likeness (QED) is 0.810. The van der Waals surface area contributed by atoms with Crippen LogP contribution in [0.25, 0.3) is 0 Å². The number of hydrogen-bond donors (Lipinski definition) is 1. The molecule has 0 radical (unpaired) electrons. The summed E-state index contributed by atoms with van der Waals surface area (Å²) in [6.07, 6.45) is 0.729. The minimum Gasteiger partial charge on any atom is -0.464 e. The summed E-state index contributed by atoms with van der Waals surface area (Å²) in [5.74, 6) is 0.253. The number of esters is 1. The molecule has 0 spiro atoms. The van der Waals surface area contributed by atoms with Gasteiger partial charge in [0.25, 0.3) is 0 Å². The molecule has 1 aliphatic rings. The van der Waals surface area contributed by atoms with Crippen molar-refractivity contribution in [1.29, 1.82) is 0 Å². The predicted molar refractivity (Wildman–Crippen MR) is 66.6 cm³/mol. The molecular weight excluding hydrogens is 214 g/mol. The van der Waals surface area contributed by atoms with Gasteiger partial charge in [0.2, 0.25) is 0 Å². The molecule has 92 valence electrons. The molecule has 0 saturated carbocycles. The van der Waals surface area contributed by atoms with Crippen LogP contribution < -0.4 is 5.32 Å². The highest BCUT2D eigenvalue weighted by Crippen LogP contribution is 2.16. The van der Waals surface area contributed by atoms with Gasteiger partial charge in [-0.05, 0) is 23.5 Å². The Kier molecular flexibility index (Phi) is 3.79. The summed E-state index contributed by atoms with van der Waals surface area (Å²) in [7, 11) is 0. The molecule has 0 aromatic heterocycles. The minimum atomic E-state index is -0.191. The average molecular weight is 233 g/mol. The van der Waals surface area contributed by atoms with Crippen LogP contribution in [0.3, 0.4) is 0 Å². The lowest BCUT2D eigenvalue weighted by atomic mass is 9.96. The van der Waals surface area contributed by atoms with Crippen LogP contribution in [0, 0.1) is 5.92 Å². The maximum Gasteiger partial charge on any atom is 0.323 e. The molecule has 0 fully saturated rings. The van der Waals surface area contributed by atoms with Gasteiger partial charge in [0.05, 0.1) is 6.61 Å². The van der Waals surface area contributed by atoms with Crippen LogP contribution >= 0.6 is 0 Å². The molecule has 1 aromatic carbocycles. The zero-order valence-corrected chi connectivity index (χ0v) is 10.4. The molecule has 0 saturated heterocycles. The molecule has 1 unspecified atom stereocenters. The predicted octanol–water partition coefficient (Wildman–Crippen LogP) is 1.90. The molecule has 0 bridgehead atoms. The van der Waals surface area contributed by atoms with E-state index in [0.717, 1.165) is 13.0 Å². The standard InChI is InChI=1S/C14H19NO2/c1-10(2)9-17-14(16)13-7-11-5-3-4-6-12(11)8-15-13/h3-6,10,13,15H,7-9H2,1-2H3. The van der Waals surface area contributed by atoms with Crippen molar-refractivity contribution < 1.29 is 9.53 Å². The van der Waals surface area contributed by atoms with Gasteiger partial charge < -0.3 is 10.1 Å². The number of benzene rings is 1. The van der Waals surface area contributed by atoms with Gasteiger partial charge in [-0.15, -0.1) is 0 Å². The second-order valence-electron chi connectivity index (χ2n) is 4.93. The molecular formula is C14H19NO2. The Bertz CT molecular complexity index is 401. The minimum absolute atomic E-state index is 0.131. The van der Waals surface area contributed by atoms with Crippen molar-refractivity contribution in [3.8, 4) is 0 Å². The molecule has 3 nitrogen and oxygen atoms in total. The molecule has 3 heteroatoms. The van der Waals surface area contributed by atoms with Crippen LogP contribution in [0.1, 0.15) is 25.0 Å². The first kappa shape index (κ1) is 12.1. The fourth-order valence-electron chi connectivity index (χ4n) is 1.97. The van der Waals surface area contributed by atoms with Crippen molar-refractivity contribution in [3.63, 3.8) is 0 Å². The summed E-state index contributed by atoms with van der Waals surface area (Å²) in [6, 6.07) is 8.03. The van der Waals surface area contributed by atoms with Gasteiger partial charge in [-0.1, -0.05) is 38.1 Å². The van der Waals surface area contributed by atoms with E-state index in [0.29, 0.717) is 12.5 Å². The molecule has 1 N–H and O–H groups in total. The molecule has 1 heterocycles. The van der Waals surface area contributed by atoms with Gasteiger partial charge in [-0.25, -0.2) is 0 Å². The lowest BCUT2D eigenvalue weighted by molar-refractivity contribution is -0.147. The van der Waals surface area contributed by atoms with E-state index in [1.54, 1.807) is 0 Å². The zero-order chi connectivity index (χ0) is 12.3. The van der Waals surface area contributed by atoms with E-state index in [2.05, 4.69) is 17.4 Å². The van der Waals surface area contributed by atoms with Crippen molar-refractivity contribution in [2.75, 3.05) is 6.61 Å². The summed E-state index contributed by atoms with van der Waals surface area (Å²) in [6.45, 7) is 5.32. The normalized spacial score (nSPS) is 18.9. The number of rotatable bonds is 3. The summed E-state index contributed by atoms with van der Waals surface area (Å²) in [5, 5.41) is 3.22. The third-order valence-electron chi connectivity index (χ3n) is 2.92. The first-order valence-electron chi connectivity index (χ1n) is 6.13. The highest BCUT2D eigenvalue weighted by atomic mass is 16.5. The van der Waals surface area contributed by atoms with Crippen molar-refractivity contribution >= 4 is 5.97 Å². The molecule has 0 amide bonds. The Labute approximate surface area is 102 Å². The summed E-state index contributed by atoms with van der Waals surface area (Å²) in [5.41, 5.74) is 2.53. The number of fused-ring (bicyclic) bond motifs is 1. The monoisotopic (exact) mass is 233 g/mol. The lowest BCUT2D eigenvalue weighted by Crippen LogP contribution is -2.43. The SMILES string of the molecule is CC(C)COC(=O)C1Cc2ccccc2CN1. The Morgan fingerprint density at radius 3 is 2.82 bits per heavy atom. The van der Waals surface area contributed by atoms with Crippen molar-refractivity contribution in [2.45, 2.75) is 32.9 Å². The van der Waals surface area contributed by atoms with E-state index in [4.69, 9.17) is 4.74 Å². The van der Waals surface area contributed by atoms with Crippen LogP contribution in [0.2, 0.25) is 0 Å². The van der Waals surface area contributed by atoms with Gasteiger partial charge in [-0.3, -0.25) is 4.79 Å². The van der Waals surface area contributed by atoms with Crippen LogP contribution in [0.5, 0.6) is 0 Å². The number of hydrogen-bond acceptors (Lipinski definition) is 3. The number of carbonyl (C=O) groups is 1. The lowest BCUT2D eigenvalue weighted by Gasteiger charge is -2.24. The van der Waals surface area contributed by atoms with Crippen molar-refractivity contribution in [3.05, 3.63) is 35.4 Å². The van der Waals surface area contributed by atoms with Gasteiger partial charge in [0.1, 0.15) is 6.04 Å². The Morgan fingerprint density at radius 1 is 1.41 bits per heavy atom. The third kappa shape index (κ3) is 3.07. The Balaban J connectivity index is 1.95. The van der Waals surface area contributed by atoms with Crippen LogP contribution in [-0.4, -0.2) is 18.6 Å². The highest BCUT2D eigenvalue weighted by Gasteiger charge is 2.25. The molecule has 17 heavy (non-hydrogen) atoms. The maximum absolute atomic E-state index is 11.8. The van der Waals surface area contributed by atoms with Gasteiger partial charge >= 0.3 is 5.97 Å². The van der Waals surface area contributed by atoms with E-state index in [-0.39, 0.29) is 12.0 Å². The number of carbonyl (C=O) groups excluding carboxylic acids is 1. The fraction of sp³-hybridized carbons (Fsp3) is 0.500. The molecule has 1 atom stereocenters. The second kappa shape index (κ2) is 5.32. The van der Waals surface area contributed by atoms with E-state index < -0.39 is 0 Å². The number of nitrogens with one attached hydrogen (secondary N) is 1. The van der Waals surface area contributed by atoms with E-state index in [1.807, 2.05) is 26.0 Å². The summed E-state index contributed by atoms with van der Waals surface area (Å²) >= 11 is 0. The van der Waals surface area contributed by atoms with Crippen LogP contribution in [-0.2, 0) is 22.5 Å². The first-order chi connectivity index (χ1) is 8.16. The Hall–Kier alpha value is -1.35. The highest BCUT2D eigenvalue weighted by molar-refractivity contribution is 5.76. The molecule has 1 aromatic rings. The average Bonchev–Trinajstić information content (AvgIpc) is 2.35. The van der Waals surface area contributed by atoms with E-state index >= 15 is 0 Å². The third-order valence-corrected chi connectivity index (χ3v) is 2.92. The van der Waals surface area contributed by atoms with Crippen molar-refractivity contribution in [1.82, 2.24) is 5.32 Å². The zero-order valence-electron chi connectivity index (χ0n) is 10.4. The number of ether oxygens (including phenoxy) is 1. The topological polar surface area (TPSA) is 38.3 Å². The van der Waals surface area contributed by atoms with Crippen LogP contribution in [0.4, 0.5) is 0 Å². The van der Waals surface area contributed by atoms with Gasteiger partial charge in [0.15, 0.2) is 0 Å². The molecule has 0 aliphatic carbocycles. The van der Waals surface area contributed by atoms with Crippen LogP contribution in [0.15, 0.2) is 24.3 Å². The molecule has 2 rings (SSSR count). The van der Waals surface area contributed by atoms with Crippen molar-refractivity contribution in [2.24, 2.45) is 5.92 Å². The summed E-state index contributed by atoms with van der Waals surface area (Å²) in [4.78, 5) is 11.8. The van der Waals surface area contributed by atoms with Gasteiger partial charge in [-0.2, -0.15) is 0 Å². The van der Waals surface area contributed by atoms with E-state index in [9.17, 15) is 4.79 Å². The second-order valence-corrected chi connectivity index (χ2v) is 4.93. The fourth-order valence-corrected chi connectivity index (χ4v) is 1.97.